The number of hydrogen-bond acceptors (Lipinski definition) is 7. The Kier molecular flexibility index (Phi) is 4.33. The van der Waals surface area contributed by atoms with Gasteiger partial charge in [0.05, 0.1) is 34.2 Å². The van der Waals surface area contributed by atoms with Gasteiger partial charge in [0.15, 0.2) is 0 Å². The molecule has 0 radical (unpaired) electrons. The van der Waals surface area contributed by atoms with Gasteiger partial charge >= 0.3 is 0 Å². The molecule has 4 aromatic rings. The van der Waals surface area contributed by atoms with Crippen LogP contribution in [0.1, 0.15) is 25.3 Å². The van der Waals surface area contributed by atoms with Crippen LogP contribution >= 0.6 is 11.6 Å². The molecule has 2 aliphatic carbocycles. The Morgan fingerprint density at radius 3 is 2.78 bits per heavy atom. The number of ether oxygens (including phenoxy) is 1. The normalized spacial score (nSPS) is 29.6. The fourth-order valence-electron chi connectivity index (χ4n) is 5.43. The molecule has 2 saturated carbocycles. The molecule has 4 N–H and O–H groups in total. The number of hydrogen-bond donors (Lipinski definition) is 3. The second kappa shape index (κ2) is 7.03. The highest BCUT2D eigenvalue weighted by Gasteiger charge is 2.60. The van der Waals surface area contributed by atoms with Crippen LogP contribution in [-0.4, -0.2) is 48.0 Å². The van der Waals surface area contributed by atoms with Crippen molar-refractivity contribution in [3.8, 4) is 5.75 Å². The predicted octanol–water partition coefficient (Wildman–Crippen LogP) is 3.11. The van der Waals surface area contributed by atoms with E-state index < -0.39 is 12.2 Å². The number of aliphatic hydroxyl groups excluding tert-OH is 2. The number of aliphatic hydroxyl groups is 2. The number of rotatable bonds is 3. The number of benzene rings is 1. The summed E-state index contributed by atoms with van der Waals surface area (Å²) in [5.41, 5.74) is 7.05. The summed E-state index contributed by atoms with van der Waals surface area (Å²) in [6.07, 6.45) is 5.12. The van der Waals surface area contributed by atoms with Gasteiger partial charge in [-0.1, -0.05) is 11.6 Å². The number of aromatic nitrogens is 4. The number of pyridine rings is 1. The molecule has 3 aromatic heterocycles. The molecule has 2 fully saturated rings. The first-order valence-electron chi connectivity index (χ1n) is 10.6. The molecule has 2 aliphatic rings. The Labute approximate surface area is 188 Å². The molecular weight excluding hydrogens is 430 g/mol. The molecule has 32 heavy (non-hydrogen) atoms. The second-order valence-corrected chi connectivity index (χ2v) is 9.38. The SMILES string of the molecule is Nc1ncnc2c1ccn2[C@@H]1C[C@]2(C[C@@H](Oc3ccc4cc(Cl)cnc4c3)C2)[C@@H](O)[C@H]1O. The van der Waals surface area contributed by atoms with Gasteiger partial charge in [-0.25, -0.2) is 9.97 Å². The van der Waals surface area contributed by atoms with Crippen LogP contribution in [-0.2, 0) is 0 Å². The minimum atomic E-state index is -0.891. The summed E-state index contributed by atoms with van der Waals surface area (Å²) in [4.78, 5) is 12.7. The molecule has 8 nitrogen and oxygen atoms in total. The maximum atomic E-state index is 10.9. The number of nitrogen functional groups attached to an aromatic ring is 1. The lowest BCUT2D eigenvalue weighted by molar-refractivity contribution is -0.105. The maximum absolute atomic E-state index is 10.9. The van der Waals surface area contributed by atoms with E-state index in [1.807, 2.05) is 41.1 Å². The molecular formula is C23H22ClN5O3. The van der Waals surface area contributed by atoms with E-state index in [0.29, 0.717) is 35.8 Å². The zero-order valence-corrected chi connectivity index (χ0v) is 17.9. The summed E-state index contributed by atoms with van der Waals surface area (Å²) in [7, 11) is 0. The van der Waals surface area contributed by atoms with Crippen LogP contribution in [0.4, 0.5) is 5.82 Å². The van der Waals surface area contributed by atoms with Crippen molar-refractivity contribution in [2.45, 2.75) is 43.6 Å². The molecule has 3 atom stereocenters. The quantitative estimate of drug-likeness (QED) is 0.437. The minimum absolute atomic E-state index is 0.0280. The lowest BCUT2D eigenvalue weighted by Gasteiger charge is -2.47. The third kappa shape index (κ3) is 2.94. The van der Waals surface area contributed by atoms with Crippen LogP contribution in [0.2, 0.25) is 5.02 Å². The van der Waals surface area contributed by atoms with Crippen LogP contribution < -0.4 is 10.5 Å². The summed E-state index contributed by atoms with van der Waals surface area (Å²) < 4.78 is 8.07. The average molecular weight is 452 g/mol. The Balaban J connectivity index is 1.20. The molecule has 0 amide bonds. The van der Waals surface area contributed by atoms with E-state index in [-0.39, 0.29) is 17.6 Å². The molecule has 164 valence electrons. The Hall–Kier alpha value is -2.94. The second-order valence-electron chi connectivity index (χ2n) is 8.94. The van der Waals surface area contributed by atoms with Gasteiger partial charge in [0, 0.05) is 29.3 Å². The van der Waals surface area contributed by atoms with Crippen molar-refractivity contribution >= 4 is 39.4 Å². The molecule has 0 aliphatic heterocycles. The first-order valence-corrected chi connectivity index (χ1v) is 11.0. The van der Waals surface area contributed by atoms with Gasteiger partial charge in [-0.15, -0.1) is 0 Å². The van der Waals surface area contributed by atoms with E-state index in [2.05, 4.69) is 15.0 Å². The number of anilines is 1. The van der Waals surface area contributed by atoms with Gasteiger partial charge in [-0.05, 0) is 43.5 Å². The molecule has 1 aromatic carbocycles. The standard InChI is InChI=1S/C23H22ClN5O3/c24-13-5-12-1-2-14(6-17(12)26-10-13)32-15-7-23(8-15)9-18(19(30)20(23)31)29-4-3-16-21(25)27-11-28-22(16)29/h1-6,10-11,15,18-20,30-31H,7-9H2,(H2,25,27,28)/t15-,18-,19+,20+,23-/m1/s1. The van der Waals surface area contributed by atoms with Crippen LogP contribution in [0.5, 0.6) is 5.75 Å². The maximum Gasteiger partial charge on any atom is 0.145 e. The zero-order valence-electron chi connectivity index (χ0n) is 17.1. The first-order chi connectivity index (χ1) is 15.4. The van der Waals surface area contributed by atoms with Crippen molar-refractivity contribution in [2.24, 2.45) is 5.41 Å². The summed E-state index contributed by atoms with van der Waals surface area (Å²) in [6.45, 7) is 0. The highest BCUT2D eigenvalue weighted by molar-refractivity contribution is 6.31. The fraction of sp³-hybridized carbons (Fsp3) is 0.348. The molecule has 0 unspecified atom stereocenters. The van der Waals surface area contributed by atoms with Crippen molar-refractivity contribution in [2.75, 3.05) is 5.73 Å². The Morgan fingerprint density at radius 1 is 1.09 bits per heavy atom. The fourth-order valence-corrected chi connectivity index (χ4v) is 5.60. The summed E-state index contributed by atoms with van der Waals surface area (Å²) in [5, 5.41) is 24.1. The topological polar surface area (TPSA) is 119 Å². The van der Waals surface area contributed by atoms with Crippen molar-refractivity contribution in [1.82, 2.24) is 19.5 Å². The lowest BCUT2D eigenvalue weighted by Crippen LogP contribution is -2.50. The summed E-state index contributed by atoms with van der Waals surface area (Å²) >= 11 is 6.00. The average Bonchev–Trinajstić information content (AvgIpc) is 3.29. The van der Waals surface area contributed by atoms with Gasteiger partial charge in [0.25, 0.3) is 0 Å². The van der Waals surface area contributed by atoms with Crippen molar-refractivity contribution in [3.05, 3.63) is 54.1 Å². The molecule has 6 rings (SSSR count). The number of nitrogens with two attached hydrogens (primary N) is 1. The number of fused-ring (bicyclic) bond motifs is 2. The summed E-state index contributed by atoms with van der Waals surface area (Å²) in [6, 6.07) is 9.17. The summed E-state index contributed by atoms with van der Waals surface area (Å²) in [5.74, 6) is 1.14. The van der Waals surface area contributed by atoms with Gasteiger partial charge < -0.3 is 25.3 Å². The van der Waals surface area contributed by atoms with Gasteiger partial charge in [-0.3, -0.25) is 4.98 Å². The van der Waals surface area contributed by atoms with Crippen molar-refractivity contribution in [3.63, 3.8) is 0 Å². The predicted molar refractivity (Wildman–Crippen MR) is 120 cm³/mol. The van der Waals surface area contributed by atoms with Gasteiger partial charge in [-0.2, -0.15) is 0 Å². The van der Waals surface area contributed by atoms with Crippen LogP contribution in [0, 0.1) is 5.41 Å². The van der Waals surface area contributed by atoms with E-state index >= 15 is 0 Å². The molecule has 9 heteroatoms. The van der Waals surface area contributed by atoms with Gasteiger partial charge in [0.2, 0.25) is 0 Å². The van der Waals surface area contributed by atoms with Crippen molar-refractivity contribution in [1.29, 1.82) is 0 Å². The number of nitrogens with zero attached hydrogens (tertiary/aromatic N) is 4. The number of halogens is 1. The lowest BCUT2D eigenvalue weighted by atomic mass is 9.64. The van der Waals surface area contributed by atoms with Crippen molar-refractivity contribution < 1.29 is 14.9 Å². The van der Waals surface area contributed by atoms with E-state index in [4.69, 9.17) is 22.1 Å². The van der Waals surface area contributed by atoms with Crippen LogP contribution in [0.15, 0.2) is 49.1 Å². The van der Waals surface area contributed by atoms with E-state index in [1.165, 1.54) is 6.33 Å². The first kappa shape index (κ1) is 19.7. The Bertz CT molecular complexity index is 1340. The molecule has 1 spiro atoms. The van der Waals surface area contributed by atoms with E-state index in [1.54, 1.807) is 6.20 Å². The Morgan fingerprint density at radius 2 is 1.94 bits per heavy atom. The largest absolute Gasteiger partial charge is 0.490 e. The van der Waals surface area contributed by atoms with Gasteiger partial charge in [0.1, 0.15) is 29.6 Å². The van der Waals surface area contributed by atoms with E-state index in [0.717, 1.165) is 22.0 Å². The third-order valence-electron chi connectivity index (χ3n) is 7.05. The van der Waals surface area contributed by atoms with E-state index in [9.17, 15) is 10.2 Å². The molecule has 0 saturated heterocycles. The highest BCUT2D eigenvalue weighted by atomic mass is 35.5. The minimum Gasteiger partial charge on any atom is -0.490 e. The van der Waals surface area contributed by atoms with Crippen LogP contribution in [0.3, 0.4) is 0 Å². The highest BCUT2D eigenvalue weighted by Crippen LogP contribution is 2.57. The van der Waals surface area contributed by atoms with Crippen LogP contribution in [0.25, 0.3) is 21.9 Å². The smallest absolute Gasteiger partial charge is 0.145 e. The molecule has 0 bridgehead atoms. The zero-order chi connectivity index (χ0) is 22.0. The monoisotopic (exact) mass is 451 g/mol. The third-order valence-corrected chi connectivity index (χ3v) is 7.26. The molecule has 3 heterocycles.